The van der Waals surface area contributed by atoms with Gasteiger partial charge in [-0.15, -0.1) is 11.3 Å². The van der Waals surface area contributed by atoms with Gasteiger partial charge in [-0.25, -0.2) is 4.98 Å². The minimum Gasteiger partial charge on any atom is -0.325 e. The molecule has 2 atom stereocenters. The first-order chi connectivity index (χ1) is 7.28. The second-order valence-electron chi connectivity index (χ2n) is 4.43. The molecule has 0 amide bonds. The zero-order valence-electron chi connectivity index (χ0n) is 9.20. The third kappa shape index (κ3) is 3.00. The largest absolute Gasteiger partial charge is 0.325 e. The maximum atomic E-state index is 5.53. The molecule has 1 aromatic rings. The molecule has 2 unspecified atom stereocenters. The molecule has 4 heteroatoms. The SMILES string of the molecule is CC1CCC(NCc2csc(CN)n2)C1. The number of rotatable bonds is 4. The standard InChI is InChI=1S/C11H19N3S/c1-8-2-3-9(4-8)13-6-10-7-15-11(5-12)14-10/h7-9,13H,2-6,12H2,1H3. The van der Waals surface area contributed by atoms with E-state index < -0.39 is 0 Å². The molecule has 3 nitrogen and oxygen atoms in total. The van der Waals surface area contributed by atoms with Crippen LogP contribution in [0.15, 0.2) is 5.38 Å². The van der Waals surface area contributed by atoms with Gasteiger partial charge >= 0.3 is 0 Å². The molecule has 1 aliphatic carbocycles. The molecular weight excluding hydrogens is 206 g/mol. The molecule has 1 saturated carbocycles. The Labute approximate surface area is 95.1 Å². The molecule has 1 aromatic heterocycles. The van der Waals surface area contributed by atoms with Crippen LogP contribution < -0.4 is 11.1 Å². The highest BCUT2D eigenvalue weighted by Gasteiger charge is 2.20. The molecule has 0 aromatic carbocycles. The van der Waals surface area contributed by atoms with Crippen molar-refractivity contribution in [2.75, 3.05) is 0 Å². The lowest BCUT2D eigenvalue weighted by Crippen LogP contribution is -2.25. The van der Waals surface area contributed by atoms with Crippen molar-refractivity contribution in [3.05, 3.63) is 16.1 Å². The highest BCUT2D eigenvalue weighted by atomic mass is 32.1. The van der Waals surface area contributed by atoms with E-state index in [9.17, 15) is 0 Å². The van der Waals surface area contributed by atoms with E-state index >= 15 is 0 Å². The normalized spacial score (nSPS) is 26.0. The fraction of sp³-hybridized carbons (Fsp3) is 0.727. The van der Waals surface area contributed by atoms with Gasteiger partial charge in [-0.05, 0) is 25.2 Å². The van der Waals surface area contributed by atoms with Gasteiger partial charge in [0.15, 0.2) is 0 Å². The van der Waals surface area contributed by atoms with E-state index in [1.807, 2.05) is 0 Å². The summed E-state index contributed by atoms with van der Waals surface area (Å²) in [7, 11) is 0. The van der Waals surface area contributed by atoms with Gasteiger partial charge in [-0.3, -0.25) is 0 Å². The van der Waals surface area contributed by atoms with E-state index in [0.29, 0.717) is 12.6 Å². The van der Waals surface area contributed by atoms with Gasteiger partial charge in [0.25, 0.3) is 0 Å². The summed E-state index contributed by atoms with van der Waals surface area (Å²) in [4.78, 5) is 4.44. The highest BCUT2D eigenvalue weighted by molar-refractivity contribution is 7.09. The third-order valence-electron chi connectivity index (χ3n) is 3.04. The smallest absolute Gasteiger partial charge is 0.106 e. The predicted octanol–water partition coefficient (Wildman–Crippen LogP) is 1.88. The van der Waals surface area contributed by atoms with Crippen LogP contribution in [0.1, 0.15) is 36.9 Å². The fourth-order valence-corrected chi connectivity index (χ4v) is 2.84. The van der Waals surface area contributed by atoms with Crippen LogP contribution in [-0.2, 0) is 13.1 Å². The summed E-state index contributed by atoms with van der Waals surface area (Å²) in [6.07, 6.45) is 3.99. The highest BCUT2D eigenvalue weighted by Crippen LogP contribution is 2.24. The van der Waals surface area contributed by atoms with Crippen LogP contribution in [0, 0.1) is 5.92 Å². The Morgan fingerprint density at radius 1 is 1.60 bits per heavy atom. The van der Waals surface area contributed by atoms with Crippen LogP contribution in [0.4, 0.5) is 0 Å². The molecule has 0 bridgehead atoms. The van der Waals surface area contributed by atoms with E-state index in [1.165, 1.54) is 19.3 Å². The number of nitrogens with zero attached hydrogens (tertiary/aromatic N) is 1. The van der Waals surface area contributed by atoms with Gasteiger partial charge in [0.1, 0.15) is 5.01 Å². The monoisotopic (exact) mass is 225 g/mol. The number of nitrogens with one attached hydrogen (secondary N) is 1. The van der Waals surface area contributed by atoms with E-state index in [-0.39, 0.29) is 0 Å². The van der Waals surface area contributed by atoms with Gasteiger partial charge in [-0.2, -0.15) is 0 Å². The van der Waals surface area contributed by atoms with E-state index in [2.05, 4.69) is 22.6 Å². The average Bonchev–Trinajstić information content (AvgIpc) is 2.83. The molecule has 1 fully saturated rings. The van der Waals surface area contributed by atoms with Crippen LogP contribution in [-0.4, -0.2) is 11.0 Å². The molecule has 0 aliphatic heterocycles. The van der Waals surface area contributed by atoms with Crippen molar-refractivity contribution < 1.29 is 0 Å². The summed E-state index contributed by atoms with van der Waals surface area (Å²) in [6, 6.07) is 0.697. The molecular formula is C11H19N3S. The van der Waals surface area contributed by atoms with Crippen molar-refractivity contribution in [3.8, 4) is 0 Å². The number of hydrogen-bond donors (Lipinski definition) is 2. The summed E-state index contributed by atoms with van der Waals surface area (Å²) >= 11 is 1.66. The molecule has 1 heterocycles. The second-order valence-corrected chi connectivity index (χ2v) is 5.38. The Morgan fingerprint density at radius 3 is 3.07 bits per heavy atom. The summed E-state index contributed by atoms with van der Waals surface area (Å²) in [5, 5.41) is 6.71. The van der Waals surface area contributed by atoms with Gasteiger partial charge < -0.3 is 11.1 Å². The van der Waals surface area contributed by atoms with Crippen molar-refractivity contribution in [3.63, 3.8) is 0 Å². The van der Waals surface area contributed by atoms with Crippen LogP contribution in [0.25, 0.3) is 0 Å². The van der Waals surface area contributed by atoms with E-state index in [0.717, 1.165) is 23.2 Å². The van der Waals surface area contributed by atoms with E-state index in [4.69, 9.17) is 5.73 Å². The molecule has 1 aliphatic rings. The maximum absolute atomic E-state index is 5.53. The molecule has 15 heavy (non-hydrogen) atoms. The average molecular weight is 225 g/mol. The first-order valence-electron chi connectivity index (χ1n) is 5.64. The number of nitrogens with two attached hydrogens (primary N) is 1. The van der Waals surface area contributed by atoms with Gasteiger partial charge in [0, 0.05) is 24.5 Å². The Balaban J connectivity index is 1.77. The Morgan fingerprint density at radius 2 is 2.47 bits per heavy atom. The molecule has 0 saturated heterocycles. The lowest BCUT2D eigenvalue weighted by molar-refractivity contribution is 0.499. The minimum absolute atomic E-state index is 0.561. The second kappa shape index (κ2) is 5.05. The van der Waals surface area contributed by atoms with E-state index in [1.54, 1.807) is 11.3 Å². The maximum Gasteiger partial charge on any atom is 0.106 e. The van der Waals surface area contributed by atoms with Gasteiger partial charge in [0.05, 0.1) is 5.69 Å². The van der Waals surface area contributed by atoms with Crippen LogP contribution in [0.3, 0.4) is 0 Å². The third-order valence-corrected chi connectivity index (χ3v) is 3.96. The Hall–Kier alpha value is -0.450. The zero-order valence-corrected chi connectivity index (χ0v) is 10.0. The summed E-state index contributed by atoms with van der Waals surface area (Å²) in [6.45, 7) is 3.79. The fourth-order valence-electron chi connectivity index (χ4n) is 2.17. The summed E-state index contributed by atoms with van der Waals surface area (Å²) in [5.41, 5.74) is 6.67. The lowest BCUT2D eigenvalue weighted by Gasteiger charge is -2.10. The van der Waals surface area contributed by atoms with Crippen LogP contribution in [0.2, 0.25) is 0 Å². The topological polar surface area (TPSA) is 50.9 Å². The van der Waals surface area contributed by atoms with Gasteiger partial charge in [0.2, 0.25) is 0 Å². The first-order valence-corrected chi connectivity index (χ1v) is 6.52. The predicted molar refractivity (Wildman–Crippen MR) is 63.6 cm³/mol. The summed E-state index contributed by atoms with van der Waals surface area (Å²) < 4.78 is 0. The van der Waals surface area contributed by atoms with Crippen molar-refractivity contribution in [2.45, 2.75) is 45.3 Å². The van der Waals surface area contributed by atoms with Crippen molar-refractivity contribution in [2.24, 2.45) is 11.7 Å². The van der Waals surface area contributed by atoms with Crippen molar-refractivity contribution >= 4 is 11.3 Å². The molecule has 2 rings (SSSR count). The number of hydrogen-bond acceptors (Lipinski definition) is 4. The van der Waals surface area contributed by atoms with Crippen LogP contribution >= 0.6 is 11.3 Å². The first kappa shape index (κ1) is 11.0. The molecule has 0 spiro atoms. The Bertz CT molecular complexity index is 311. The number of thiazole rings is 1. The van der Waals surface area contributed by atoms with Crippen molar-refractivity contribution in [1.29, 1.82) is 0 Å². The molecule has 3 N–H and O–H groups in total. The lowest BCUT2D eigenvalue weighted by atomic mass is 10.1. The molecule has 84 valence electrons. The molecule has 0 radical (unpaired) electrons. The number of aromatic nitrogens is 1. The quantitative estimate of drug-likeness (QED) is 0.822. The van der Waals surface area contributed by atoms with Crippen LogP contribution in [0.5, 0.6) is 0 Å². The van der Waals surface area contributed by atoms with Gasteiger partial charge in [-0.1, -0.05) is 6.92 Å². The minimum atomic E-state index is 0.561. The Kier molecular flexibility index (Phi) is 3.72. The van der Waals surface area contributed by atoms with Crippen molar-refractivity contribution in [1.82, 2.24) is 10.3 Å². The summed E-state index contributed by atoms with van der Waals surface area (Å²) in [5.74, 6) is 0.887. The zero-order chi connectivity index (χ0) is 10.7.